The van der Waals surface area contributed by atoms with Crippen LogP contribution >= 0.6 is 23.4 Å². The van der Waals surface area contributed by atoms with Gasteiger partial charge in [0.2, 0.25) is 0 Å². The van der Waals surface area contributed by atoms with E-state index in [1.165, 1.54) is 19.3 Å². The van der Waals surface area contributed by atoms with Gasteiger partial charge in [-0.1, -0.05) is 60.8 Å². The van der Waals surface area contributed by atoms with Crippen molar-refractivity contribution in [1.29, 1.82) is 0 Å². The lowest BCUT2D eigenvalue weighted by Crippen LogP contribution is -2.15. The summed E-state index contributed by atoms with van der Waals surface area (Å²) in [6.45, 7) is 0. The average Bonchev–Trinajstić information content (AvgIpc) is 3.22. The minimum absolute atomic E-state index is 0.398. The van der Waals surface area contributed by atoms with E-state index in [2.05, 4.69) is 20.8 Å². The molecular weight excluding hydrogens is 418 g/mol. The van der Waals surface area contributed by atoms with Crippen LogP contribution in [0.1, 0.15) is 43.7 Å². The first kappa shape index (κ1) is 21.1. The van der Waals surface area contributed by atoms with E-state index in [9.17, 15) is 0 Å². The number of rotatable bonds is 7. The molecule has 7 heteroatoms. The van der Waals surface area contributed by atoms with Gasteiger partial charge in [0.05, 0.1) is 14.2 Å². The highest BCUT2D eigenvalue weighted by Crippen LogP contribution is 2.38. The molecule has 3 aromatic rings. The van der Waals surface area contributed by atoms with Crippen LogP contribution in [0.25, 0.3) is 11.4 Å². The Morgan fingerprint density at radius 2 is 1.70 bits per heavy atom. The zero-order valence-electron chi connectivity index (χ0n) is 17.3. The van der Waals surface area contributed by atoms with Crippen molar-refractivity contribution >= 4 is 23.4 Å². The zero-order chi connectivity index (χ0) is 20.9. The van der Waals surface area contributed by atoms with E-state index in [0.717, 1.165) is 57.2 Å². The molecule has 158 valence electrons. The Labute approximate surface area is 186 Å². The Kier molecular flexibility index (Phi) is 6.85. The molecule has 5 nitrogen and oxygen atoms in total. The van der Waals surface area contributed by atoms with E-state index in [1.807, 2.05) is 36.4 Å². The molecule has 0 saturated heterocycles. The summed E-state index contributed by atoms with van der Waals surface area (Å²) in [6, 6.07) is 14.2. The fourth-order valence-electron chi connectivity index (χ4n) is 3.93. The van der Waals surface area contributed by atoms with Gasteiger partial charge in [-0.2, -0.15) is 0 Å². The highest BCUT2D eigenvalue weighted by molar-refractivity contribution is 7.98. The molecule has 0 spiro atoms. The normalized spacial score (nSPS) is 14.6. The molecule has 1 saturated carbocycles. The fraction of sp³-hybridized carbons (Fsp3) is 0.391. The molecule has 0 aliphatic heterocycles. The van der Waals surface area contributed by atoms with Gasteiger partial charge in [-0.3, -0.25) is 4.57 Å². The van der Waals surface area contributed by atoms with Gasteiger partial charge in [-0.15, -0.1) is 10.2 Å². The van der Waals surface area contributed by atoms with Crippen LogP contribution in [0, 0.1) is 0 Å². The van der Waals surface area contributed by atoms with Crippen molar-refractivity contribution in [1.82, 2.24) is 14.8 Å². The second kappa shape index (κ2) is 9.75. The Balaban J connectivity index is 1.71. The summed E-state index contributed by atoms with van der Waals surface area (Å²) in [6.07, 6.45) is 6.05. The minimum atomic E-state index is 0.398. The van der Waals surface area contributed by atoms with Gasteiger partial charge in [-0.05, 0) is 36.6 Å². The van der Waals surface area contributed by atoms with Crippen molar-refractivity contribution in [3.8, 4) is 22.9 Å². The molecule has 1 aliphatic carbocycles. The molecule has 0 atom stereocenters. The van der Waals surface area contributed by atoms with Crippen LogP contribution in [-0.2, 0) is 5.75 Å². The van der Waals surface area contributed by atoms with Gasteiger partial charge in [0.1, 0.15) is 11.5 Å². The van der Waals surface area contributed by atoms with Gasteiger partial charge in [0.15, 0.2) is 11.0 Å². The maximum atomic E-state index is 6.36. The van der Waals surface area contributed by atoms with Gasteiger partial charge >= 0.3 is 0 Å². The largest absolute Gasteiger partial charge is 0.497 e. The predicted molar refractivity (Wildman–Crippen MR) is 122 cm³/mol. The number of thioether (sulfide) groups is 1. The smallest absolute Gasteiger partial charge is 0.192 e. The SMILES string of the molecule is COc1cc(OC)cc(-c2nnc(SCc3ccccc3Cl)n2C2CCCCC2)c1. The zero-order valence-corrected chi connectivity index (χ0v) is 18.9. The first-order valence-corrected chi connectivity index (χ1v) is 11.6. The van der Waals surface area contributed by atoms with Crippen LogP contribution < -0.4 is 9.47 Å². The number of methoxy groups -OCH3 is 2. The lowest BCUT2D eigenvalue weighted by atomic mass is 9.95. The number of nitrogens with zero attached hydrogens (tertiary/aromatic N) is 3. The number of halogens is 1. The number of ether oxygens (including phenoxy) is 2. The maximum Gasteiger partial charge on any atom is 0.192 e. The molecule has 1 aromatic heterocycles. The van der Waals surface area contributed by atoms with Crippen molar-refractivity contribution < 1.29 is 9.47 Å². The number of hydrogen-bond donors (Lipinski definition) is 0. The third kappa shape index (κ3) is 4.60. The monoisotopic (exact) mass is 443 g/mol. The third-order valence-corrected chi connectivity index (χ3v) is 6.89. The van der Waals surface area contributed by atoms with E-state index < -0.39 is 0 Å². The van der Waals surface area contributed by atoms with Gasteiger partial charge < -0.3 is 9.47 Å². The van der Waals surface area contributed by atoms with Gasteiger partial charge in [0.25, 0.3) is 0 Å². The van der Waals surface area contributed by atoms with E-state index in [0.29, 0.717) is 6.04 Å². The molecular formula is C23H26ClN3O2S. The molecule has 2 aromatic carbocycles. The summed E-state index contributed by atoms with van der Waals surface area (Å²) in [4.78, 5) is 0. The summed E-state index contributed by atoms with van der Waals surface area (Å²) in [5, 5.41) is 10.9. The summed E-state index contributed by atoms with van der Waals surface area (Å²) >= 11 is 8.05. The fourth-order valence-corrected chi connectivity index (χ4v) is 5.23. The van der Waals surface area contributed by atoms with Crippen LogP contribution in [0.5, 0.6) is 11.5 Å². The second-order valence-corrected chi connectivity index (χ2v) is 8.80. The van der Waals surface area contributed by atoms with Gasteiger partial charge in [0, 0.05) is 28.4 Å². The lowest BCUT2D eigenvalue weighted by molar-refractivity contribution is 0.339. The Morgan fingerprint density at radius 1 is 1.00 bits per heavy atom. The summed E-state index contributed by atoms with van der Waals surface area (Å²) in [7, 11) is 3.32. The highest BCUT2D eigenvalue weighted by atomic mass is 35.5. The standard InChI is InChI=1S/C23H26ClN3O2S/c1-28-19-12-17(13-20(14-19)29-2)22-25-26-23(27(22)18-9-4-3-5-10-18)30-15-16-8-6-7-11-21(16)24/h6-8,11-14,18H,3-5,9-10,15H2,1-2H3. The Morgan fingerprint density at radius 3 is 2.37 bits per heavy atom. The minimum Gasteiger partial charge on any atom is -0.497 e. The summed E-state index contributed by atoms with van der Waals surface area (Å²) in [5.41, 5.74) is 2.06. The maximum absolute atomic E-state index is 6.36. The van der Waals surface area contributed by atoms with E-state index in [-0.39, 0.29) is 0 Å². The highest BCUT2D eigenvalue weighted by Gasteiger charge is 2.24. The van der Waals surface area contributed by atoms with E-state index in [1.54, 1.807) is 26.0 Å². The van der Waals surface area contributed by atoms with Crippen LogP contribution in [0.15, 0.2) is 47.6 Å². The van der Waals surface area contributed by atoms with Crippen LogP contribution in [0.4, 0.5) is 0 Å². The predicted octanol–water partition coefficient (Wildman–Crippen LogP) is 6.41. The van der Waals surface area contributed by atoms with E-state index in [4.69, 9.17) is 21.1 Å². The molecule has 0 bridgehead atoms. The average molecular weight is 444 g/mol. The van der Waals surface area contributed by atoms with Crippen molar-refractivity contribution in [3.05, 3.63) is 53.1 Å². The molecule has 30 heavy (non-hydrogen) atoms. The van der Waals surface area contributed by atoms with E-state index >= 15 is 0 Å². The molecule has 0 amide bonds. The van der Waals surface area contributed by atoms with Crippen molar-refractivity contribution in [2.24, 2.45) is 0 Å². The molecule has 0 radical (unpaired) electrons. The number of benzene rings is 2. The molecule has 1 heterocycles. The number of aromatic nitrogens is 3. The molecule has 1 aliphatic rings. The van der Waals surface area contributed by atoms with Gasteiger partial charge in [-0.25, -0.2) is 0 Å². The lowest BCUT2D eigenvalue weighted by Gasteiger charge is -2.25. The third-order valence-electron chi connectivity index (χ3n) is 5.53. The second-order valence-electron chi connectivity index (χ2n) is 7.45. The Hall–Kier alpha value is -2.18. The van der Waals surface area contributed by atoms with Crippen molar-refractivity contribution in [2.45, 2.75) is 49.1 Å². The molecule has 0 unspecified atom stereocenters. The molecule has 4 rings (SSSR count). The first-order valence-electron chi connectivity index (χ1n) is 10.2. The summed E-state index contributed by atoms with van der Waals surface area (Å²) in [5.74, 6) is 3.10. The van der Waals surface area contributed by atoms with Crippen molar-refractivity contribution in [3.63, 3.8) is 0 Å². The molecule has 1 fully saturated rings. The van der Waals surface area contributed by atoms with Crippen LogP contribution in [-0.4, -0.2) is 29.0 Å². The summed E-state index contributed by atoms with van der Waals surface area (Å²) < 4.78 is 13.3. The Bertz CT molecular complexity index is 980. The van der Waals surface area contributed by atoms with Crippen LogP contribution in [0.3, 0.4) is 0 Å². The quantitative estimate of drug-likeness (QED) is 0.394. The first-order chi connectivity index (χ1) is 14.7. The van der Waals surface area contributed by atoms with Crippen molar-refractivity contribution in [2.75, 3.05) is 14.2 Å². The van der Waals surface area contributed by atoms with Crippen LogP contribution in [0.2, 0.25) is 5.02 Å². The molecule has 0 N–H and O–H groups in total. The number of hydrogen-bond acceptors (Lipinski definition) is 5. The topological polar surface area (TPSA) is 49.2 Å².